The number of nitrogens with two attached hydrogens (primary N) is 1. The zero-order chi connectivity index (χ0) is 17.1. The highest BCUT2D eigenvalue weighted by molar-refractivity contribution is 6.40. The van der Waals surface area contributed by atoms with Gasteiger partial charge in [0.25, 0.3) is 5.91 Å². The van der Waals surface area contributed by atoms with E-state index in [0.29, 0.717) is 17.8 Å². The molecule has 0 heterocycles. The van der Waals surface area contributed by atoms with E-state index in [1.165, 1.54) is 18.9 Å². The predicted molar refractivity (Wildman–Crippen MR) is 83.6 cm³/mol. The van der Waals surface area contributed by atoms with Gasteiger partial charge in [-0.25, -0.2) is 0 Å². The number of hydrogen-bond donors (Lipinski definition) is 1. The summed E-state index contributed by atoms with van der Waals surface area (Å²) >= 11 is 0. The van der Waals surface area contributed by atoms with Gasteiger partial charge in [-0.2, -0.15) is 0 Å². The molecule has 0 fully saturated rings. The number of Topliss-reactive ketones (excluding diaryl/α,β-unsaturated/α-hetero) is 1. The molecule has 6 nitrogen and oxygen atoms in total. The van der Waals surface area contributed by atoms with Crippen molar-refractivity contribution in [3.63, 3.8) is 0 Å². The fourth-order valence-electron chi connectivity index (χ4n) is 2.28. The minimum Gasteiger partial charge on any atom is -0.495 e. The first kappa shape index (κ1) is 17.7. The van der Waals surface area contributed by atoms with Crippen molar-refractivity contribution in [3.8, 4) is 5.75 Å². The van der Waals surface area contributed by atoms with Gasteiger partial charge in [0.15, 0.2) is 0 Å². The van der Waals surface area contributed by atoms with Crippen molar-refractivity contribution in [2.45, 2.75) is 33.2 Å². The third-order valence-electron chi connectivity index (χ3n) is 4.06. The summed E-state index contributed by atoms with van der Waals surface area (Å²) in [6.07, 6.45) is 0.518. The lowest BCUT2D eigenvalue weighted by atomic mass is 9.70. The maximum Gasteiger partial charge on any atom is 0.287 e. The minimum absolute atomic E-state index is 0.395. The van der Waals surface area contributed by atoms with Crippen molar-refractivity contribution < 1.29 is 19.1 Å². The van der Waals surface area contributed by atoms with Crippen LogP contribution in [0.4, 0.5) is 5.69 Å². The van der Waals surface area contributed by atoms with E-state index in [4.69, 9.17) is 10.5 Å². The van der Waals surface area contributed by atoms with Crippen LogP contribution in [0.25, 0.3) is 0 Å². The number of anilines is 1. The summed E-state index contributed by atoms with van der Waals surface area (Å²) in [5.41, 5.74) is 3.41. The highest BCUT2D eigenvalue weighted by Crippen LogP contribution is 2.41. The number of para-hydroxylation sites is 2. The average Bonchev–Trinajstić information content (AvgIpc) is 2.46. The normalized spacial score (nSPS) is 13.9. The SMILES string of the molecule is COc1ccccc1N(C=O)C(C)(C(=O)C(N)=O)C(C)(C)C. The van der Waals surface area contributed by atoms with Crippen LogP contribution in [0.15, 0.2) is 24.3 Å². The van der Waals surface area contributed by atoms with Crippen molar-refractivity contribution in [2.24, 2.45) is 11.1 Å². The molecule has 6 heteroatoms. The zero-order valence-electron chi connectivity index (χ0n) is 13.5. The van der Waals surface area contributed by atoms with Crippen LogP contribution in [0.3, 0.4) is 0 Å². The number of methoxy groups -OCH3 is 1. The number of carbonyl (C=O) groups excluding carboxylic acids is 3. The van der Waals surface area contributed by atoms with Crippen molar-refractivity contribution in [2.75, 3.05) is 12.0 Å². The molecule has 1 unspecified atom stereocenters. The predicted octanol–water partition coefficient (Wildman–Crippen LogP) is 1.52. The number of carbonyl (C=O) groups is 3. The molecule has 0 saturated carbocycles. The van der Waals surface area contributed by atoms with Crippen molar-refractivity contribution in [1.82, 2.24) is 0 Å². The minimum atomic E-state index is -1.45. The first-order valence-corrected chi connectivity index (χ1v) is 6.83. The highest BCUT2D eigenvalue weighted by atomic mass is 16.5. The summed E-state index contributed by atoms with van der Waals surface area (Å²) in [6.45, 7) is 6.82. The van der Waals surface area contributed by atoms with Crippen molar-refractivity contribution >= 4 is 23.8 Å². The smallest absolute Gasteiger partial charge is 0.287 e. The van der Waals surface area contributed by atoms with Crippen LogP contribution in [-0.4, -0.2) is 30.7 Å². The number of amides is 2. The lowest BCUT2D eigenvalue weighted by molar-refractivity contribution is -0.142. The van der Waals surface area contributed by atoms with Crippen molar-refractivity contribution in [3.05, 3.63) is 24.3 Å². The van der Waals surface area contributed by atoms with E-state index in [0.717, 1.165) is 0 Å². The van der Waals surface area contributed by atoms with E-state index in [2.05, 4.69) is 0 Å². The summed E-state index contributed by atoms with van der Waals surface area (Å²) in [4.78, 5) is 36.9. The van der Waals surface area contributed by atoms with Gasteiger partial charge in [0.05, 0.1) is 12.8 Å². The molecule has 22 heavy (non-hydrogen) atoms. The molecule has 0 aromatic heterocycles. The van der Waals surface area contributed by atoms with Gasteiger partial charge in [-0.05, 0) is 24.5 Å². The Bertz CT molecular complexity index is 592. The first-order chi connectivity index (χ1) is 10.1. The van der Waals surface area contributed by atoms with Gasteiger partial charge in [0, 0.05) is 0 Å². The second kappa shape index (κ2) is 6.17. The Morgan fingerprint density at radius 1 is 1.18 bits per heavy atom. The molecule has 0 bridgehead atoms. The van der Waals surface area contributed by atoms with E-state index in [1.54, 1.807) is 45.0 Å². The summed E-state index contributed by atoms with van der Waals surface area (Å²) in [6, 6.07) is 6.77. The highest BCUT2D eigenvalue weighted by Gasteiger charge is 2.51. The number of ketones is 1. The topological polar surface area (TPSA) is 89.7 Å². The van der Waals surface area contributed by atoms with E-state index in [-0.39, 0.29) is 0 Å². The lowest BCUT2D eigenvalue weighted by Gasteiger charge is -2.46. The fraction of sp³-hybridized carbons (Fsp3) is 0.438. The first-order valence-electron chi connectivity index (χ1n) is 6.83. The molecule has 0 saturated heterocycles. The monoisotopic (exact) mass is 306 g/mol. The Labute approximate surface area is 130 Å². The molecule has 1 rings (SSSR count). The van der Waals surface area contributed by atoms with Gasteiger partial charge in [0.1, 0.15) is 11.3 Å². The van der Waals surface area contributed by atoms with Crippen LogP contribution >= 0.6 is 0 Å². The molecule has 1 aromatic rings. The van der Waals surface area contributed by atoms with E-state index >= 15 is 0 Å². The van der Waals surface area contributed by atoms with Gasteiger partial charge < -0.3 is 10.5 Å². The van der Waals surface area contributed by atoms with Gasteiger partial charge in [0.2, 0.25) is 12.2 Å². The van der Waals surface area contributed by atoms with Gasteiger partial charge in [-0.1, -0.05) is 32.9 Å². The Balaban J connectivity index is 3.61. The van der Waals surface area contributed by atoms with Crippen LogP contribution in [0.1, 0.15) is 27.7 Å². The third kappa shape index (κ3) is 2.81. The zero-order valence-corrected chi connectivity index (χ0v) is 13.5. The standard InChI is InChI=1S/C16H22N2O4/c1-15(2,3)16(4,13(20)14(17)21)18(10-19)11-8-6-7-9-12(11)22-5/h6-10H,1-5H3,(H2,17,21). The number of rotatable bonds is 6. The second-order valence-electron chi connectivity index (χ2n) is 6.16. The van der Waals surface area contributed by atoms with E-state index in [9.17, 15) is 14.4 Å². The molecule has 2 N–H and O–H groups in total. The number of benzene rings is 1. The quantitative estimate of drug-likeness (QED) is 0.637. The summed E-state index contributed by atoms with van der Waals surface area (Å²) < 4.78 is 5.25. The second-order valence-corrected chi connectivity index (χ2v) is 6.16. The summed E-state index contributed by atoms with van der Waals surface area (Å²) in [7, 11) is 1.46. The van der Waals surface area contributed by atoms with Crippen LogP contribution in [-0.2, 0) is 14.4 Å². The number of ether oxygens (including phenoxy) is 1. The fourth-order valence-corrected chi connectivity index (χ4v) is 2.28. The molecular formula is C16H22N2O4. The maximum atomic E-state index is 12.5. The summed E-state index contributed by atoms with van der Waals surface area (Å²) in [5, 5.41) is 0. The number of primary amides is 1. The Morgan fingerprint density at radius 3 is 2.14 bits per heavy atom. The molecule has 0 aliphatic carbocycles. The molecule has 1 atom stereocenters. The Kier molecular flexibility index (Phi) is 4.96. The molecule has 0 radical (unpaired) electrons. The van der Waals surface area contributed by atoms with Crippen LogP contribution in [0.2, 0.25) is 0 Å². The molecule has 2 amide bonds. The molecular weight excluding hydrogens is 284 g/mol. The summed E-state index contributed by atoms with van der Waals surface area (Å²) in [5.74, 6) is -1.50. The largest absolute Gasteiger partial charge is 0.495 e. The number of hydrogen-bond acceptors (Lipinski definition) is 4. The third-order valence-corrected chi connectivity index (χ3v) is 4.06. The average molecular weight is 306 g/mol. The Hall–Kier alpha value is -2.37. The van der Waals surface area contributed by atoms with Crippen LogP contribution in [0, 0.1) is 5.41 Å². The molecule has 120 valence electrons. The van der Waals surface area contributed by atoms with Gasteiger partial charge >= 0.3 is 0 Å². The van der Waals surface area contributed by atoms with Gasteiger partial charge in [-0.3, -0.25) is 19.3 Å². The van der Waals surface area contributed by atoms with Crippen molar-refractivity contribution in [1.29, 1.82) is 0 Å². The van der Waals surface area contributed by atoms with E-state index in [1.807, 2.05) is 0 Å². The Morgan fingerprint density at radius 2 is 1.73 bits per heavy atom. The van der Waals surface area contributed by atoms with E-state index < -0.39 is 22.6 Å². The molecule has 0 spiro atoms. The number of nitrogens with zero attached hydrogens (tertiary/aromatic N) is 1. The van der Waals surface area contributed by atoms with Crippen LogP contribution < -0.4 is 15.4 Å². The lowest BCUT2D eigenvalue weighted by Crippen LogP contribution is -2.63. The molecule has 0 aliphatic heterocycles. The van der Waals surface area contributed by atoms with Gasteiger partial charge in [-0.15, -0.1) is 0 Å². The molecule has 0 aliphatic rings. The maximum absolute atomic E-state index is 12.5. The molecule has 1 aromatic carbocycles. The van der Waals surface area contributed by atoms with Crippen LogP contribution in [0.5, 0.6) is 5.75 Å².